The van der Waals surface area contributed by atoms with Gasteiger partial charge in [-0.25, -0.2) is 0 Å². The summed E-state index contributed by atoms with van der Waals surface area (Å²) in [6.07, 6.45) is 0.580. The summed E-state index contributed by atoms with van der Waals surface area (Å²) in [5.41, 5.74) is 1.19. The molecule has 0 bridgehead atoms. The van der Waals surface area contributed by atoms with Crippen molar-refractivity contribution in [2.75, 3.05) is 40.5 Å². The quantitative estimate of drug-likeness (QED) is 0.598. The lowest BCUT2D eigenvalue weighted by molar-refractivity contribution is -0.0103. The molecular weight excluding hydrogens is 294 g/mol. The Labute approximate surface area is 140 Å². The van der Waals surface area contributed by atoms with Gasteiger partial charge in [0.1, 0.15) is 5.75 Å². The van der Waals surface area contributed by atoms with Crippen LogP contribution < -0.4 is 4.74 Å². The average molecular weight is 325 g/mol. The van der Waals surface area contributed by atoms with Crippen LogP contribution in [0.4, 0.5) is 0 Å². The molecule has 1 aromatic rings. The highest BCUT2D eigenvalue weighted by Gasteiger charge is 2.13. The van der Waals surface area contributed by atoms with Gasteiger partial charge in [0.25, 0.3) is 0 Å². The van der Waals surface area contributed by atoms with Crippen LogP contribution in [0.25, 0.3) is 0 Å². The summed E-state index contributed by atoms with van der Waals surface area (Å²) in [7, 11) is 3.37. The molecular formula is C18H31NO4. The summed E-state index contributed by atoms with van der Waals surface area (Å²) >= 11 is 0. The molecule has 5 heteroatoms. The second kappa shape index (κ2) is 11.4. The van der Waals surface area contributed by atoms with Gasteiger partial charge in [0, 0.05) is 33.4 Å². The second-order valence-corrected chi connectivity index (χ2v) is 5.97. The molecule has 0 unspecified atom stereocenters. The van der Waals surface area contributed by atoms with Crippen molar-refractivity contribution in [3.05, 3.63) is 29.8 Å². The van der Waals surface area contributed by atoms with Gasteiger partial charge in [-0.15, -0.1) is 0 Å². The van der Waals surface area contributed by atoms with Crippen molar-refractivity contribution in [1.29, 1.82) is 0 Å². The van der Waals surface area contributed by atoms with Crippen molar-refractivity contribution in [1.82, 2.24) is 4.90 Å². The maximum Gasteiger partial charge on any atom is 0.118 e. The van der Waals surface area contributed by atoms with E-state index in [1.54, 1.807) is 14.2 Å². The Morgan fingerprint density at radius 1 is 1.13 bits per heavy atom. The second-order valence-electron chi connectivity index (χ2n) is 5.97. The van der Waals surface area contributed by atoms with Gasteiger partial charge in [-0.1, -0.05) is 12.1 Å². The van der Waals surface area contributed by atoms with E-state index in [2.05, 4.69) is 17.0 Å². The zero-order chi connectivity index (χ0) is 17.1. The van der Waals surface area contributed by atoms with Crippen LogP contribution in [0, 0.1) is 0 Å². The molecule has 1 atom stereocenters. The zero-order valence-corrected chi connectivity index (χ0v) is 14.8. The van der Waals surface area contributed by atoms with Gasteiger partial charge < -0.3 is 19.3 Å². The van der Waals surface area contributed by atoms with Crippen molar-refractivity contribution < 1.29 is 19.3 Å². The smallest absolute Gasteiger partial charge is 0.118 e. The van der Waals surface area contributed by atoms with Crippen molar-refractivity contribution in [2.45, 2.75) is 39.0 Å². The van der Waals surface area contributed by atoms with Crippen LogP contribution in [-0.2, 0) is 16.0 Å². The summed E-state index contributed by atoms with van der Waals surface area (Å²) in [5.74, 6) is 0.852. The minimum atomic E-state index is -0.488. The molecule has 0 saturated carbocycles. The first-order chi connectivity index (χ1) is 11.0. The van der Waals surface area contributed by atoms with E-state index in [0.29, 0.717) is 13.2 Å². The average Bonchev–Trinajstić information content (AvgIpc) is 2.54. The first-order valence-electron chi connectivity index (χ1n) is 8.19. The molecule has 0 heterocycles. The number of aliphatic hydroxyl groups is 1. The predicted molar refractivity (Wildman–Crippen MR) is 91.9 cm³/mol. The van der Waals surface area contributed by atoms with Crippen LogP contribution >= 0.6 is 0 Å². The number of hydrogen-bond donors (Lipinski definition) is 1. The highest BCUT2D eigenvalue weighted by molar-refractivity contribution is 5.27. The fourth-order valence-corrected chi connectivity index (χ4v) is 2.31. The fraction of sp³-hybridized carbons (Fsp3) is 0.667. The highest BCUT2D eigenvalue weighted by atomic mass is 16.5. The highest BCUT2D eigenvalue weighted by Crippen LogP contribution is 2.13. The van der Waals surface area contributed by atoms with E-state index in [-0.39, 0.29) is 6.10 Å². The Kier molecular flexibility index (Phi) is 9.87. The summed E-state index contributed by atoms with van der Waals surface area (Å²) in [5, 5.41) is 10.2. The summed E-state index contributed by atoms with van der Waals surface area (Å²) in [6, 6.07) is 8.03. The molecule has 1 rings (SSSR count). The first-order valence-corrected chi connectivity index (χ1v) is 8.19. The predicted octanol–water partition coefficient (Wildman–Crippen LogP) is 2.32. The number of rotatable bonds is 12. The van der Waals surface area contributed by atoms with Gasteiger partial charge in [0.15, 0.2) is 0 Å². The van der Waals surface area contributed by atoms with Crippen LogP contribution in [0.1, 0.15) is 25.8 Å². The number of ether oxygens (including phenoxy) is 3. The Hall–Kier alpha value is -1.14. The minimum absolute atomic E-state index is 0.133. The molecule has 0 radical (unpaired) electrons. The maximum atomic E-state index is 10.2. The third-order valence-corrected chi connectivity index (χ3v) is 3.48. The van der Waals surface area contributed by atoms with Crippen LogP contribution in [0.5, 0.6) is 5.75 Å². The van der Waals surface area contributed by atoms with E-state index in [1.807, 2.05) is 26.0 Å². The Morgan fingerprint density at radius 3 is 2.39 bits per heavy atom. The van der Waals surface area contributed by atoms with Gasteiger partial charge in [0.05, 0.1) is 25.9 Å². The van der Waals surface area contributed by atoms with E-state index >= 15 is 0 Å². The molecule has 0 aliphatic carbocycles. The molecule has 5 nitrogen and oxygen atoms in total. The van der Waals surface area contributed by atoms with Gasteiger partial charge in [-0.2, -0.15) is 0 Å². The van der Waals surface area contributed by atoms with Crippen LogP contribution in [0.3, 0.4) is 0 Å². The van der Waals surface area contributed by atoms with E-state index in [9.17, 15) is 5.11 Å². The number of methoxy groups -OCH3 is 2. The molecule has 0 spiro atoms. The largest absolute Gasteiger partial charge is 0.497 e. The lowest BCUT2D eigenvalue weighted by Crippen LogP contribution is -2.36. The Bertz CT molecular complexity index is 408. The lowest BCUT2D eigenvalue weighted by Gasteiger charge is -2.25. The van der Waals surface area contributed by atoms with Gasteiger partial charge in [0.2, 0.25) is 0 Å². The summed E-state index contributed by atoms with van der Waals surface area (Å²) < 4.78 is 15.8. The molecule has 23 heavy (non-hydrogen) atoms. The summed E-state index contributed by atoms with van der Waals surface area (Å²) in [4.78, 5) is 2.23. The molecule has 0 aromatic heterocycles. The van der Waals surface area contributed by atoms with Crippen LogP contribution in [-0.4, -0.2) is 62.7 Å². The van der Waals surface area contributed by atoms with E-state index in [4.69, 9.17) is 14.2 Å². The molecule has 0 amide bonds. The van der Waals surface area contributed by atoms with E-state index in [0.717, 1.165) is 31.9 Å². The molecule has 1 N–H and O–H groups in total. The van der Waals surface area contributed by atoms with Crippen molar-refractivity contribution in [3.63, 3.8) is 0 Å². The van der Waals surface area contributed by atoms with E-state index < -0.39 is 6.10 Å². The van der Waals surface area contributed by atoms with Crippen LogP contribution in [0.2, 0.25) is 0 Å². The fourth-order valence-electron chi connectivity index (χ4n) is 2.31. The van der Waals surface area contributed by atoms with Crippen molar-refractivity contribution in [2.24, 2.45) is 0 Å². The SMILES string of the molecule is COCCCN(Cc1ccc(OC)cc1)C[C@H](O)COC(C)C. The number of hydrogen-bond acceptors (Lipinski definition) is 5. The number of benzene rings is 1. The molecule has 0 aliphatic rings. The molecule has 1 aromatic carbocycles. The standard InChI is InChI=1S/C18H31NO4/c1-15(2)23-14-17(20)13-19(10-5-11-21-3)12-16-6-8-18(22-4)9-7-16/h6-9,15,17,20H,5,10-14H2,1-4H3/t17-/m0/s1. The lowest BCUT2D eigenvalue weighted by atomic mass is 10.2. The van der Waals surface area contributed by atoms with Crippen molar-refractivity contribution in [3.8, 4) is 5.75 Å². The first kappa shape index (κ1) is 19.9. The summed E-state index contributed by atoms with van der Waals surface area (Å²) in [6.45, 7) is 7.27. The normalized spacial score (nSPS) is 12.8. The number of nitrogens with zero attached hydrogens (tertiary/aromatic N) is 1. The molecule has 0 fully saturated rings. The molecule has 0 aliphatic heterocycles. The Morgan fingerprint density at radius 2 is 1.83 bits per heavy atom. The minimum Gasteiger partial charge on any atom is -0.497 e. The third kappa shape index (κ3) is 8.91. The van der Waals surface area contributed by atoms with Gasteiger partial charge in [-0.05, 0) is 38.0 Å². The maximum absolute atomic E-state index is 10.2. The zero-order valence-electron chi connectivity index (χ0n) is 14.8. The topological polar surface area (TPSA) is 51.2 Å². The molecule has 0 saturated heterocycles. The Balaban J connectivity index is 2.55. The number of aliphatic hydroxyl groups excluding tert-OH is 1. The van der Waals surface area contributed by atoms with Gasteiger partial charge in [-0.3, -0.25) is 4.90 Å². The monoisotopic (exact) mass is 325 g/mol. The third-order valence-electron chi connectivity index (χ3n) is 3.48. The van der Waals surface area contributed by atoms with E-state index in [1.165, 1.54) is 5.56 Å². The van der Waals surface area contributed by atoms with Crippen molar-refractivity contribution >= 4 is 0 Å². The van der Waals surface area contributed by atoms with Crippen LogP contribution in [0.15, 0.2) is 24.3 Å². The van der Waals surface area contributed by atoms with Gasteiger partial charge >= 0.3 is 0 Å². The molecule has 132 valence electrons.